The number of nitrogens with one attached hydrogen (secondary N) is 2. The smallest absolute Gasteiger partial charge is 0.239 e. The Balaban J connectivity index is 2.02. The van der Waals surface area contributed by atoms with E-state index in [0.29, 0.717) is 29.2 Å². The van der Waals surface area contributed by atoms with Crippen molar-refractivity contribution in [1.29, 1.82) is 5.26 Å². The summed E-state index contributed by atoms with van der Waals surface area (Å²) in [5.74, 6) is -0.0475. The van der Waals surface area contributed by atoms with Gasteiger partial charge in [0.05, 0.1) is 12.1 Å². The molecule has 2 unspecified atom stereocenters. The summed E-state index contributed by atoms with van der Waals surface area (Å²) in [5, 5.41) is 16.2. The number of thiophene rings is 1. The molecular weight excluding hydrogens is 284 g/mol. The van der Waals surface area contributed by atoms with Crippen molar-refractivity contribution in [3.63, 3.8) is 0 Å². The summed E-state index contributed by atoms with van der Waals surface area (Å²) in [6.45, 7) is 10.3. The summed E-state index contributed by atoms with van der Waals surface area (Å²) in [4.78, 5) is 15.5. The Morgan fingerprint density at radius 3 is 2.90 bits per heavy atom. The van der Waals surface area contributed by atoms with E-state index in [-0.39, 0.29) is 5.91 Å². The molecule has 1 aromatic heterocycles. The van der Waals surface area contributed by atoms with Gasteiger partial charge in [0.15, 0.2) is 0 Å². The minimum absolute atomic E-state index is 0.0475. The van der Waals surface area contributed by atoms with Gasteiger partial charge < -0.3 is 10.6 Å². The SMILES string of the molecule is Cc1sc(NC(=O)CN2CC(C)NCC2C)c(C#N)c1C. The number of carbonyl (C=O) groups excluding carboxylic acids is 1. The molecule has 6 heteroatoms. The average Bonchev–Trinajstić information content (AvgIpc) is 2.68. The van der Waals surface area contributed by atoms with Crippen molar-refractivity contribution in [1.82, 2.24) is 10.2 Å². The lowest BCUT2D eigenvalue weighted by Crippen LogP contribution is -2.55. The van der Waals surface area contributed by atoms with Crippen LogP contribution < -0.4 is 10.6 Å². The Bertz CT molecular complexity index is 575. The van der Waals surface area contributed by atoms with E-state index in [1.807, 2.05) is 13.8 Å². The van der Waals surface area contributed by atoms with Crippen molar-refractivity contribution in [2.24, 2.45) is 0 Å². The van der Waals surface area contributed by atoms with Gasteiger partial charge in [-0.2, -0.15) is 5.26 Å². The van der Waals surface area contributed by atoms with Crippen LogP contribution >= 0.6 is 11.3 Å². The van der Waals surface area contributed by atoms with E-state index in [1.54, 1.807) is 0 Å². The predicted molar refractivity (Wildman–Crippen MR) is 85.6 cm³/mol. The molecule has 1 fully saturated rings. The van der Waals surface area contributed by atoms with Crippen LogP contribution in [0.2, 0.25) is 0 Å². The van der Waals surface area contributed by atoms with E-state index in [2.05, 4.69) is 35.5 Å². The topological polar surface area (TPSA) is 68.2 Å². The van der Waals surface area contributed by atoms with Crippen LogP contribution in [0.3, 0.4) is 0 Å². The van der Waals surface area contributed by atoms with Crippen LogP contribution in [-0.4, -0.2) is 42.5 Å². The van der Waals surface area contributed by atoms with E-state index >= 15 is 0 Å². The van der Waals surface area contributed by atoms with Gasteiger partial charge in [0.2, 0.25) is 5.91 Å². The lowest BCUT2D eigenvalue weighted by atomic mass is 10.1. The number of anilines is 1. The van der Waals surface area contributed by atoms with Gasteiger partial charge in [0.25, 0.3) is 0 Å². The van der Waals surface area contributed by atoms with Gasteiger partial charge in [-0.1, -0.05) is 0 Å². The van der Waals surface area contributed by atoms with Crippen molar-refractivity contribution >= 4 is 22.2 Å². The van der Waals surface area contributed by atoms with Gasteiger partial charge in [-0.05, 0) is 33.3 Å². The van der Waals surface area contributed by atoms with Gasteiger partial charge in [-0.25, -0.2) is 0 Å². The molecule has 2 heterocycles. The Kier molecular flexibility index (Phi) is 4.99. The summed E-state index contributed by atoms with van der Waals surface area (Å²) < 4.78 is 0. The van der Waals surface area contributed by atoms with Crippen LogP contribution in [0, 0.1) is 25.2 Å². The molecule has 0 bridgehead atoms. The molecule has 1 amide bonds. The molecule has 0 spiro atoms. The van der Waals surface area contributed by atoms with Crippen LogP contribution in [0.4, 0.5) is 5.00 Å². The molecule has 1 aromatic rings. The molecule has 5 nitrogen and oxygen atoms in total. The molecular formula is C15H22N4OS. The maximum absolute atomic E-state index is 12.2. The predicted octanol–water partition coefficient (Wildman–Crippen LogP) is 1.86. The number of amides is 1. The highest BCUT2D eigenvalue weighted by atomic mass is 32.1. The number of carbonyl (C=O) groups is 1. The lowest BCUT2D eigenvalue weighted by Gasteiger charge is -2.36. The minimum Gasteiger partial charge on any atom is -0.315 e. The Hall–Kier alpha value is -1.42. The van der Waals surface area contributed by atoms with Gasteiger partial charge in [-0.3, -0.25) is 9.69 Å². The first-order valence-corrected chi connectivity index (χ1v) is 8.01. The third-order valence-corrected chi connectivity index (χ3v) is 5.11. The number of hydrogen-bond donors (Lipinski definition) is 2. The number of aryl methyl sites for hydroxylation is 1. The molecule has 1 saturated heterocycles. The Morgan fingerprint density at radius 1 is 1.52 bits per heavy atom. The third kappa shape index (κ3) is 3.62. The van der Waals surface area contributed by atoms with Gasteiger partial charge in [-0.15, -0.1) is 11.3 Å². The fourth-order valence-corrected chi connectivity index (χ4v) is 3.54. The van der Waals surface area contributed by atoms with Gasteiger partial charge >= 0.3 is 0 Å². The molecule has 0 radical (unpaired) electrons. The Morgan fingerprint density at radius 2 is 2.24 bits per heavy atom. The zero-order valence-electron chi connectivity index (χ0n) is 13.0. The highest BCUT2D eigenvalue weighted by Gasteiger charge is 2.24. The molecule has 21 heavy (non-hydrogen) atoms. The Labute approximate surface area is 129 Å². The van der Waals surface area contributed by atoms with E-state index < -0.39 is 0 Å². The normalized spacial score (nSPS) is 22.8. The fraction of sp³-hybridized carbons (Fsp3) is 0.600. The maximum atomic E-state index is 12.2. The second kappa shape index (κ2) is 6.56. The number of nitrogens with zero attached hydrogens (tertiary/aromatic N) is 2. The lowest BCUT2D eigenvalue weighted by molar-refractivity contribution is -0.118. The van der Waals surface area contributed by atoms with Crippen LogP contribution in [0.5, 0.6) is 0 Å². The fourth-order valence-electron chi connectivity index (χ4n) is 2.52. The molecule has 114 valence electrons. The molecule has 0 saturated carbocycles. The third-order valence-electron chi connectivity index (χ3n) is 3.99. The molecule has 2 N–H and O–H groups in total. The molecule has 0 aromatic carbocycles. The first-order chi connectivity index (χ1) is 9.92. The molecule has 1 aliphatic heterocycles. The zero-order valence-corrected chi connectivity index (χ0v) is 13.8. The number of nitriles is 1. The minimum atomic E-state index is -0.0475. The van der Waals surface area contributed by atoms with Crippen LogP contribution in [-0.2, 0) is 4.79 Å². The monoisotopic (exact) mass is 306 g/mol. The van der Waals surface area contributed by atoms with Crippen LogP contribution in [0.25, 0.3) is 0 Å². The van der Waals surface area contributed by atoms with E-state index in [1.165, 1.54) is 11.3 Å². The molecule has 0 aliphatic carbocycles. The molecule has 2 atom stereocenters. The number of hydrogen-bond acceptors (Lipinski definition) is 5. The summed E-state index contributed by atoms with van der Waals surface area (Å²) in [6, 6.07) is 2.92. The van der Waals surface area contributed by atoms with Crippen LogP contribution in [0.1, 0.15) is 29.9 Å². The molecule has 1 aliphatic rings. The van der Waals surface area contributed by atoms with Crippen LogP contribution in [0.15, 0.2) is 0 Å². The van der Waals surface area contributed by atoms with E-state index in [4.69, 9.17) is 0 Å². The van der Waals surface area contributed by atoms with Crippen molar-refractivity contribution in [3.8, 4) is 6.07 Å². The summed E-state index contributed by atoms with van der Waals surface area (Å²) in [7, 11) is 0. The maximum Gasteiger partial charge on any atom is 0.239 e. The van der Waals surface area contributed by atoms with E-state index in [9.17, 15) is 10.1 Å². The number of piperazine rings is 1. The standard InChI is InChI=1S/C15H22N4OS/c1-9-7-19(10(2)6-17-9)8-14(20)18-15-13(5-16)11(3)12(4)21-15/h9-10,17H,6-8H2,1-4H3,(H,18,20). The summed E-state index contributed by atoms with van der Waals surface area (Å²) >= 11 is 1.47. The van der Waals surface area contributed by atoms with Gasteiger partial charge in [0, 0.05) is 30.1 Å². The van der Waals surface area contributed by atoms with Gasteiger partial charge in [0.1, 0.15) is 11.1 Å². The van der Waals surface area contributed by atoms with Crippen molar-refractivity contribution in [2.75, 3.05) is 25.0 Å². The summed E-state index contributed by atoms with van der Waals surface area (Å²) in [6.07, 6.45) is 0. The van der Waals surface area contributed by atoms with E-state index in [0.717, 1.165) is 23.5 Å². The number of rotatable bonds is 3. The summed E-state index contributed by atoms with van der Waals surface area (Å²) in [5.41, 5.74) is 1.55. The quantitative estimate of drug-likeness (QED) is 0.894. The second-order valence-corrected chi connectivity index (χ2v) is 6.96. The first kappa shape index (κ1) is 16.0. The largest absolute Gasteiger partial charge is 0.315 e. The highest BCUT2D eigenvalue weighted by Crippen LogP contribution is 2.31. The zero-order chi connectivity index (χ0) is 15.6. The molecule has 2 rings (SSSR count). The highest BCUT2D eigenvalue weighted by molar-refractivity contribution is 7.16. The van der Waals surface area contributed by atoms with Crippen molar-refractivity contribution in [2.45, 2.75) is 39.8 Å². The average molecular weight is 306 g/mol. The van der Waals surface area contributed by atoms with Crippen molar-refractivity contribution in [3.05, 3.63) is 16.0 Å². The second-order valence-electron chi connectivity index (χ2n) is 5.74. The first-order valence-electron chi connectivity index (χ1n) is 7.19. The van der Waals surface area contributed by atoms with Crippen molar-refractivity contribution < 1.29 is 4.79 Å².